The second-order valence-corrected chi connectivity index (χ2v) is 8.92. The topological polar surface area (TPSA) is 40.6 Å². The minimum atomic E-state index is -3.52. The standard InChI is InChI=1S/C20H26N2O2S/c1-16(2)17-9-11-19(12-10-17)25(23,24)22-14-13-21(3)15-20(22)18-7-5-4-6-8-18/h4-12,16,20H,13-15H2,1-3H3/t20-/m0/s1. The summed E-state index contributed by atoms with van der Waals surface area (Å²) >= 11 is 0. The van der Waals surface area contributed by atoms with E-state index in [0.717, 1.165) is 17.7 Å². The molecule has 2 aromatic rings. The summed E-state index contributed by atoms with van der Waals surface area (Å²) in [6.45, 7) is 6.16. The molecule has 25 heavy (non-hydrogen) atoms. The van der Waals surface area contributed by atoms with E-state index < -0.39 is 10.0 Å². The quantitative estimate of drug-likeness (QED) is 0.840. The van der Waals surface area contributed by atoms with Gasteiger partial charge in [-0.05, 0) is 36.2 Å². The predicted molar refractivity (Wildman–Crippen MR) is 101 cm³/mol. The molecule has 1 aliphatic rings. The van der Waals surface area contributed by atoms with Gasteiger partial charge in [0.2, 0.25) is 10.0 Å². The summed E-state index contributed by atoms with van der Waals surface area (Å²) in [4.78, 5) is 2.56. The van der Waals surface area contributed by atoms with E-state index in [4.69, 9.17) is 0 Å². The first-order chi connectivity index (χ1) is 11.9. The van der Waals surface area contributed by atoms with Crippen LogP contribution in [0.25, 0.3) is 0 Å². The number of likely N-dealkylation sites (N-methyl/N-ethyl adjacent to an activating group) is 1. The van der Waals surface area contributed by atoms with Crippen LogP contribution in [0.4, 0.5) is 0 Å². The Morgan fingerprint density at radius 1 is 0.960 bits per heavy atom. The summed E-state index contributed by atoms with van der Waals surface area (Å²) in [5.74, 6) is 0.387. The molecule has 0 radical (unpaired) electrons. The van der Waals surface area contributed by atoms with Gasteiger partial charge in [-0.2, -0.15) is 4.31 Å². The SMILES string of the molecule is CC(C)c1ccc(S(=O)(=O)N2CCN(C)C[C@H]2c2ccccc2)cc1. The number of sulfonamides is 1. The molecule has 0 spiro atoms. The molecule has 1 atom stereocenters. The minimum absolute atomic E-state index is 0.158. The lowest BCUT2D eigenvalue weighted by atomic mass is 10.0. The third-order valence-corrected chi connectivity index (χ3v) is 6.79. The van der Waals surface area contributed by atoms with Crippen molar-refractivity contribution >= 4 is 10.0 Å². The molecular weight excluding hydrogens is 332 g/mol. The summed E-state index contributed by atoms with van der Waals surface area (Å²) in [6, 6.07) is 17.1. The lowest BCUT2D eigenvalue weighted by Gasteiger charge is -2.39. The summed E-state index contributed by atoms with van der Waals surface area (Å²) in [7, 11) is -1.48. The minimum Gasteiger partial charge on any atom is -0.303 e. The molecule has 0 bridgehead atoms. The van der Waals surface area contributed by atoms with Gasteiger partial charge < -0.3 is 4.90 Å². The number of hydrogen-bond donors (Lipinski definition) is 0. The Morgan fingerprint density at radius 3 is 2.20 bits per heavy atom. The number of benzene rings is 2. The van der Waals surface area contributed by atoms with Crippen molar-refractivity contribution in [2.75, 3.05) is 26.7 Å². The van der Waals surface area contributed by atoms with E-state index in [2.05, 4.69) is 18.7 Å². The molecule has 134 valence electrons. The van der Waals surface area contributed by atoms with Crippen LogP contribution in [0, 0.1) is 0 Å². The Balaban J connectivity index is 1.96. The second-order valence-electron chi connectivity index (χ2n) is 7.03. The summed E-state index contributed by atoms with van der Waals surface area (Å²) in [6.07, 6.45) is 0. The smallest absolute Gasteiger partial charge is 0.243 e. The zero-order valence-corrected chi connectivity index (χ0v) is 15.9. The fourth-order valence-corrected chi connectivity index (χ4v) is 4.89. The van der Waals surface area contributed by atoms with Gasteiger partial charge in [0.05, 0.1) is 10.9 Å². The van der Waals surface area contributed by atoms with Crippen LogP contribution >= 0.6 is 0 Å². The van der Waals surface area contributed by atoms with Crippen molar-refractivity contribution in [3.05, 3.63) is 65.7 Å². The van der Waals surface area contributed by atoms with Crippen molar-refractivity contribution in [3.63, 3.8) is 0 Å². The molecule has 0 saturated carbocycles. The molecular formula is C20H26N2O2S. The fourth-order valence-electron chi connectivity index (χ4n) is 3.30. The normalized spacial score (nSPS) is 20.1. The highest BCUT2D eigenvalue weighted by atomic mass is 32.2. The molecule has 4 nitrogen and oxygen atoms in total. The first-order valence-corrected chi connectivity index (χ1v) is 10.2. The van der Waals surface area contributed by atoms with Crippen LogP contribution in [0.15, 0.2) is 59.5 Å². The molecule has 0 unspecified atom stereocenters. The molecule has 1 saturated heterocycles. The van der Waals surface area contributed by atoms with Crippen molar-refractivity contribution in [1.82, 2.24) is 9.21 Å². The van der Waals surface area contributed by atoms with E-state index >= 15 is 0 Å². The summed E-state index contributed by atoms with van der Waals surface area (Å²) in [5, 5.41) is 0. The maximum absolute atomic E-state index is 13.3. The number of hydrogen-bond acceptors (Lipinski definition) is 3. The highest BCUT2D eigenvalue weighted by Gasteiger charge is 2.35. The molecule has 0 aliphatic carbocycles. The Labute approximate surface area is 151 Å². The maximum atomic E-state index is 13.3. The molecule has 0 amide bonds. The molecule has 1 heterocycles. The third-order valence-electron chi connectivity index (χ3n) is 4.87. The van der Waals surface area contributed by atoms with E-state index in [1.54, 1.807) is 16.4 Å². The molecule has 1 fully saturated rings. The number of nitrogens with zero attached hydrogens (tertiary/aromatic N) is 2. The van der Waals surface area contributed by atoms with Crippen LogP contribution in [0.2, 0.25) is 0 Å². The van der Waals surface area contributed by atoms with Gasteiger partial charge in [-0.3, -0.25) is 0 Å². The van der Waals surface area contributed by atoms with Crippen molar-refractivity contribution in [2.24, 2.45) is 0 Å². The average molecular weight is 359 g/mol. The van der Waals surface area contributed by atoms with Gasteiger partial charge in [0.15, 0.2) is 0 Å². The van der Waals surface area contributed by atoms with E-state index in [1.807, 2.05) is 49.5 Å². The highest BCUT2D eigenvalue weighted by molar-refractivity contribution is 7.89. The predicted octanol–water partition coefficient (Wildman–Crippen LogP) is 3.49. The van der Waals surface area contributed by atoms with Crippen molar-refractivity contribution in [2.45, 2.75) is 30.7 Å². The molecule has 5 heteroatoms. The van der Waals surface area contributed by atoms with E-state index in [-0.39, 0.29) is 6.04 Å². The van der Waals surface area contributed by atoms with Gasteiger partial charge in [0.25, 0.3) is 0 Å². The van der Waals surface area contributed by atoms with E-state index in [9.17, 15) is 8.42 Å². The van der Waals surface area contributed by atoms with Crippen LogP contribution in [0.5, 0.6) is 0 Å². The van der Waals surface area contributed by atoms with Crippen LogP contribution in [0.3, 0.4) is 0 Å². The van der Waals surface area contributed by atoms with Gasteiger partial charge >= 0.3 is 0 Å². The van der Waals surface area contributed by atoms with Gasteiger partial charge in [0.1, 0.15) is 0 Å². The first kappa shape index (κ1) is 18.1. The molecule has 2 aromatic carbocycles. The summed E-state index contributed by atoms with van der Waals surface area (Å²) in [5.41, 5.74) is 2.19. The Hall–Kier alpha value is -1.69. The maximum Gasteiger partial charge on any atom is 0.243 e. The Morgan fingerprint density at radius 2 is 1.60 bits per heavy atom. The van der Waals surface area contributed by atoms with E-state index in [0.29, 0.717) is 23.9 Å². The van der Waals surface area contributed by atoms with E-state index in [1.165, 1.54) is 0 Å². The average Bonchev–Trinajstić information content (AvgIpc) is 2.62. The number of rotatable bonds is 4. The van der Waals surface area contributed by atoms with Crippen LogP contribution in [0.1, 0.15) is 36.9 Å². The van der Waals surface area contributed by atoms with Gasteiger partial charge in [-0.1, -0.05) is 56.3 Å². The zero-order chi connectivity index (χ0) is 18.0. The van der Waals surface area contributed by atoms with Crippen molar-refractivity contribution in [1.29, 1.82) is 0 Å². The van der Waals surface area contributed by atoms with Crippen LogP contribution in [-0.4, -0.2) is 44.3 Å². The van der Waals surface area contributed by atoms with Crippen molar-refractivity contribution < 1.29 is 8.42 Å². The second kappa shape index (κ2) is 7.28. The monoisotopic (exact) mass is 358 g/mol. The Bertz CT molecular complexity index is 801. The molecule has 3 rings (SSSR count). The molecule has 0 aromatic heterocycles. The van der Waals surface area contributed by atoms with Gasteiger partial charge in [-0.25, -0.2) is 8.42 Å². The fraction of sp³-hybridized carbons (Fsp3) is 0.400. The van der Waals surface area contributed by atoms with Crippen LogP contribution in [-0.2, 0) is 10.0 Å². The largest absolute Gasteiger partial charge is 0.303 e. The first-order valence-electron chi connectivity index (χ1n) is 8.75. The Kier molecular flexibility index (Phi) is 5.27. The van der Waals surface area contributed by atoms with Crippen LogP contribution < -0.4 is 0 Å². The lowest BCUT2D eigenvalue weighted by Crippen LogP contribution is -2.49. The van der Waals surface area contributed by atoms with Gasteiger partial charge in [0, 0.05) is 19.6 Å². The number of piperazine rings is 1. The molecule has 0 N–H and O–H groups in total. The van der Waals surface area contributed by atoms with Crippen molar-refractivity contribution in [3.8, 4) is 0 Å². The highest BCUT2D eigenvalue weighted by Crippen LogP contribution is 2.31. The molecule has 1 aliphatic heterocycles. The third kappa shape index (κ3) is 3.78. The lowest BCUT2D eigenvalue weighted by molar-refractivity contribution is 0.160. The van der Waals surface area contributed by atoms with Gasteiger partial charge in [-0.15, -0.1) is 0 Å². The summed E-state index contributed by atoms with van der Waals surface area (Å²) < 4.78 is 28.2. The zero-order valence-electron chi connectivity index (χ0n) is 15.1.